The smallest absolute Gasteiger partial charge is 0.407 e. The molecule has 4 aromatic rings. The van der Waals surface area contributed by atoms with E-state index in [1.807, 2.05) is 25.6 Å². The topological polar surface area (TPSA) is 98.3 Å². The van der Waals surface area contributed by atoms with E-state index in [0.717, 1.165) is 76.2 Å². The minimum absolute atomic E-state index is 0.273. The van der Waals surface area contributed by atoms with E-state index in [0.29, 0.717) is 19.5 Å². The zero-order valence-electron chi connectivity index (χ0n) is 19.9. The SMILES string of the molecule is Cc1c(-c2cnn(C)c2)ncc2c(-c3nn(C4CCOCC4)c4c3CN(C(=O)O)CC4)cccc12. The summed E-state index contributed by atoms with van der Waals surface area (Å²) in [5.41, 5.74) is 6.99. The number of carbonyl (C=O) groups is 1. The van der Waals surface area contributed by atoms with Crippen molar-refractivity contribution >= 4 is 16.9 Å². The fourth-order valence-electron chi connectivity index (χ4n) is 5.48. The number of pyridine rings is 1. The van der Waals surface area contributed by atoms with E-state index in [2.05, 4.69) is 34.9 Å². The Morgan fingerprint density at radius 3 is 2.71 bits per heavy atom. The molecule has 0 bridgehead atoms. The third-order valence-corrected chi connectivity index (χ3v) is 7.31. The Morgan fingerprint density at radius 2 is 1.97 bits per heavy atom. The van der Waals surface area contributed by atoms with Crippen molar-refractivity contribution in [3.63, 3.8) is 0 Å². The van der Waals surface area contributed by atoms with Crippen LogP contribution in [0.3, 0.4) is 0 Å². The number of rotatable bonds is 3. The van der Waals surface area contributed by atoms with Crippen molar-refractivity contribution in [2.75, 3.05) is 19.8 Å². The summed E-state index contributed by atoms with van der Waals surface area (Å²) in [5, 5.41) is 21.3. The number of hydrogen-bond donors (Lipinski definition) is 1. The number of benzene rings is 1. The normalized spacial score (nSPS) is 16.6. The lowest BCUT2D eigenvalue weighted by Gasteiger charge is -2.28. The van der Waals surface area contributed by atoms with Crippen LogP contribution in [-0.2, 0) is 24.8 Å². The van der Waals surface area contributed by atoms with Crippen LogP contribution in [0.4, 0.5) is 4.79 Å². The van der Waals surface area contributed by atoms with Crippen LogP contribution in [-0.4, -0.2) is 60.4 Å². The van der Waals surface area contributed by atoms with Gasteiger partial charge in [-0.2, -0.15) is 10.2 Å². The molecule has 1 amide bonds. The van der Waals surface area contributed by atoms with Crippen LogP contribution >= 0.6 is 0 Å². The van der Waals surface area contributed by atoms with Crippen LogP contribution in [0.5, 0.6) is 0 Å². The lowest BCUT2D eigenvalue weighted by atomic mass is 9.95. The maximum absolute atomic E-state index is 11.8. The van der Waals surface area contributed by atoms with E-state index < -0.39 is 6.09 Å². The van der Waals surface area contributed by atoms with Gasteiger partial charge in [0.15, 0.2) is 0 Å². The Balaban J connectivity index is 1.52. The van der Waals surface area contributed by atoms with Crippen molar-refractivity contribution in [2.45, 2.75) is 38.8 Å². The maximum atomic E-state index is 11.8. The quantitative estimate of drug-likeness (QED) is 0.480. The molecule has 9 heteroatoms. The number of carboxylic acid groups (broad SMARTS) is 1. The van der Waals surface area contributed by atoms with Gasteiger partial charge in [-0.3, -0.25) is 14.3 Å². The monoisotopic (exact) mass is 472 g/mol. The molecule has 1 N–H and O–H groups in total. The molecule has 0 atom stereocenters. The minimum atomic E-state index is -0.892. The van der Waals surface area contributed by atoms with Crippen LogP contribution in [0.1, 0.15) is 35.7 Å². The van der Waals surface area contributed by atoms with E-state index in [1.165, 1.54) is 4.90 Å². The number of nitrogens with zero attached hydrogens (tertiary/aromatic N) is 6. The van der Waals surface area contributed by atoms with Crippen LogP contribution < -0.4 is 0 Å². The number of fused-ring (bicyclic) bond motifs is 2. The highest BCUT2D eigenvalue weighted by Gasteiger charge is 2.31. The molecule has 35 heavy (non-hydrogen) atoms. The Labute approximate surface area is 202 Å². The number of amides is 1. The summed E-state index contributed by atoms with van der Waals surface area (Å²) in [6.07, 6.45) is 7.32. The highest BCUT2D eigenvalue weighted by molar-refractivity contribution is 5.99. The van der Waals surface area contributed by atoms with Crippen LogP contribution in [0, 0.1) is 6.92 Å². The van der Waals surface area contributed by atoms with Gasteiger partial charge in [0, 0.05) is 73.4 Å². The Morgan fingerprint density at radius 1 is 1.14 bits per heavy atom. The van der Waals surface area contributed by atoms with Gasteiger partial charge >= 0.3 is 6.09 Å². The van der Waals surface area contributed by atoms with Gasteiger partial charge in [0.05, 0.1) is 30.2 Å². The molecule has 2 aliphatic heterocycles. The van der Waals surface area contributed by atoms with Crippen molar-refractivity contribution in [1.82, 2.24) is 29.4 Å². The molecule has 0 radical (unpaired) electrons. The molecule has 1 aromatic carbocycles. The molecule has 180 valence electrons. The number of aryl methyl sites for hydroxylation is 2. The highest BCUT2D eigenvalue weighted by Crippen LogP contribution is 2.38. The lowest BCUT2D eigenvalue weighted by Crippen LogP contribution is -2.35. The fraction of sp³-hybridized carbons (Fsp3) is 0.385. The number of hydrogen-bond acceptors (Lipinski definition) is 5. The molecule has 0 aliphatic carbocycles. The van der Waals surface area contributed by atoms with E-state index in [4.69, 9.17) is 14.8 Å². The first kappa shape index (κ1) is 21.8. The lowest BCUT2D eigenvalue weighted by molar-refractivity contribution is 0.0650. The Kier molecular flexibility index (Phi) is 5.29. The number of aromatic nitrogens is 5. The first-order chi connectivity index (χ1) is 17.0. The molecule has 0 unspecified atom stereocenters. The maximum Gasteiger partial charge on any atom is 0.407 e. The van der Waals surface area contributed by atoms with Crippen LogP contribution in [0.2, 0.25) is 0 Å². The van der Waals surface area contributed by atoms with Crippen molar-refractivity contribution in [3.05, 3.63) is 53.6 Å². The Bertz CT molecular complexity index is 1430. The predicted octanol–water partition coefficient (Wildman–Crippen LogP) is 4.19. The van der Waals surface area contributed by atoms with Gasteiger partial charge in [0.25, 0.3) is 0 Å². The first-order valence-corrected chi connectivity index (χ1v) is 12.0. The van der Waals surface area contributed by atoms with Gasteiger partial charge in [-0.15, -0.1) is 0 Å². The summed E-state index contributed by atoms with van der Waals surface area (Å²) < 4.78 is 9.52. The molecule has 9 nitrogen and oxygen atoms in total. The number of ether oxygens (including phenoxy) is 1. The van der Waals surface area contributed by atoms with Crippen molar-refractivity contribution in [1.29, 1.82) is 0 Å². The zero-order valence-corrected chi connectivity index (χ0v) is 19.9. The molecular formula is C26H28N6O3. The second-order valence-corrected chi connectivity index (χ2v) is 9.42. The fourth-order valence-corrected chi connectivity index (χ4v) is 5.48. The molecule has 5 heterocycles. The van der Waals surface area contributed by atoms with Gasteiger partial charge in [0.2, 0.25) is 0 Å². The molecule has 1 saturated heterocycles. The average Bonchev–Trinajstić information content (AvgIpc) is 3.48. The molecule has 0 saturated carbocycles. The van der Waals surface area contributed by atoms with Crippen LogP contribution in [0.15, 0.2) is 36.8 Å². The van der Waals surface area contributed by atoms with Crippen molar-refractivity contribution in [3.8, 4) is 22.5 Å². The second-order valence-electron chi connectivity index (χ2n) is 9.42. The van der Waals surface area contributed by atoms with E-state index >= 15 is 0 Å². The third kappa shape index (κ3) is 3.67. The Hall–Kier alpha value is -3.72. The van der Waals surface area contributed by atoms with E-state index in [1.54, 1.807) is 4.68 Å². The standard InChI is InChI=1S/C26H28N6O3/c1-16-19-4-3-5-20(21(19)13-27-24(16)17-12-28-30(2)14-17)25-22-15-31(26(33)34)9-6-23(22)32(29-25)18-7-10-35-11-8-18/h3-5,12-14,18H,6-11,15H2,1-2H3,(H,33,34). The predicted molar refractivity (Wildman–Crippen MR) is 131 cm³/mol. The second kappa shape index (κ2) is 8.49. The molecule has 2 aliphatic rings. The molecular weight excluding hydrogens is 444 g/mol. The van der Waals surface area contributed by atoms with Crippen molar-refractivity contribution < 1.29 is 14.6 Å². The first-order valence-electron chi connectivity index (χ1n) is 12.0. The summed E-state index contributed by atoms with van der Waals surface area (Å²) >= 11 is 0. The molecule has 3 aromatic heterocycles. The highest BCUT2D eigenvalue weighted by atomic mass is 16.5. The largest absolute Gasteiger partial charge is 0.465 e. The van der Waals surface area contributed by atoms with E-state index in [9.17, 15) is 9.90 Å². The minimum Gasteiger partial charge on any atom is -0.465 e. The van der Waals surface area contributed by atoms with Gasteiger partial charge < -0.3 is 14.7 Å². The van der Waals surface area contributed by atoms with Gasteiger partial charge in [-0.1, -0.05) is 18.2 Å². The zero-order chi connectivity index (χ0) is 24.1. The summed E-state index contributed by atoms with van der Waals surface area (Å²) in [6, 6.07) is 6.51. The molecule has 1 fully saturated rings. The van der Waals surface area contributed by atoms with Gasteiger partial charge in [-0.25, -0.2) is 4.79 Å². The summed E-state index contributed by atoms with van der Waals surface area (Å²) in [6.45, 7) is 4.37. The molecule has 0 spiro atoms. The van der Waals surface area contributed by atoms with E-state index in [-0.39, 0.29) is 6.04 Å². The van der Waals surface area contributed by atoms with Crippen molar-refractivity contribution in [2.24, 2.45) is 7.05 Å². The summed E-state index contributed by atoms with van der Waals surface area (Å²) in [7, 11) is 1.90. The summed E-state index contributed by atoms with van der Waals surface area (Å²) in [5.74, 6) is 0. The summed E-state index contributed by atoms with van der Waals surface area (Å²) in [4.78, 5) is 18.1. The van der Waals surface area contributed by atoms with Crippen LogP contribution in [0.25, 0.3) is 33.3 Å². The third-order valence-electron chi connectivity index (χ3n) is 7.31. The van der Waals surface area contributed by atoms with Gasteiger partial charge in [-0.05, 0) is 30.7 Å². The molecule has 6 rings (SSSR count). The average molecular weight is 473 g/mol. The van der Waals surface area contributed by atoms with Gasteiger partial charge in [0.1, 0.15) is 0 Å².